The number of aromatic amines is 1. The SMILES string of the molecule is CCCN(CCC)NC(=O)/C=C/c1ccc(CNCCc2c(C)[nH]c3ccccc23)cc1. The molecule has 0 aliphatic rings. The van der Waals surface area contributed by atoms with Crippen LogP contribution in [0.3, 0.4) is 0 Å². The predicted molar refractivity (Wildman–Crippen MR) is 134 cm³/mol. The second kappa shape index (κ2) is 12.2. The summed E-state index contributed by atoms with van der Waals surface area (Å²) in [5, 5.41) is 6.85. The zero-order valence-corrected chi connectivity index (χ0v) is 19.6. The minimum atomic E-state index is -0.0785. The van der Waals surface area contributed by atoms with Gasteiger partial charge in [0.25, 0.3) is 5.91 Å². The summed E-state index contributed by atoms with van der Waals surface area (Å²) in [7, 11) is 0. The molecule has 0 bridgehead atoms. The molecule has 32 heavy (non-hydrogen) atoms. The Hall–Kier alpha value is -2.89. The van der Waals surface area contributed by atoms with Crippen LogP contribution in [0.4, 0.5) is 0 Å². The van der Waals surface area contributed by atoms with Crippen LogP contribution in [-0.4, -0.2) is 35.5 Å². The number of aromatic nitrogens is 1. The van der Waals surface area contributed by atoms with Gasteiger partial charge in [-0.3, -0.25) is 10.2 Å². The Labute approximate surface area is 191 Å². The Morgan fingerprint density at radius 3 is 2.47 bits per heavy atom. The first kappa shape index (κ1) is 23.8. The lowest BCUT2D eigenvalue weighted by molar-refractivity contribution is -0.121. The highest BCUT2D eigenvalue weighted by molar-refractivity contribution is 5.91. The number of aryl methyl sites for hydroxylation is 1. The molecule has 0 fully saturated rings. The van der Waals surface area contributed by atoms with Crippen LogP contribution in [0.1, 0.15) is 49.1 Å². The van der Waals surface area contributed by atoms with E-state index in [4.69, 9.17) is 0 Å². The molecule has 5 heteroatoms. The van der Waals surface area contributed by atoms with Gasteiger partial charge >= 0.3 is 0 Å². The van der Waals surface area contributed by atoms with Crippen molar-refractivity contribution in [2.24, 2.45) is 0 Å². The van der Waals surface area contributed by atoms with Gasteiger partial charge in [0.05, 0.1) is 0 Å². The first-order valence-electron chi connectivity index (χ1n) is 11.7. The zero-order chi connectivity index (χ0) is 22.8. The summed E-state index contributed by atoms with van der Waals surface area (Å²) in [5.41, 5.74) is 9.07. The van der Waals surface area contributed by atoms with Crippen molar-refractivity contribution in [2.75, 3.05) is 19.6 Å². The van der Waals surface area contributed by atoms with Gasteiger partial charge in [-0.2, -0.15) is 0 Å². The monoisotopic (exact) mass is 432 g/mol. The van der Waals surface area contributed by atoms with Crippen molar-refractivity contribution < 1.29 is 4.79 Å². The van der Waals surface area contributed by atoms with Crippen molar-refractivity contribution >= 4 is 22.9 Å². The van der Waals surface area contributed by atoms with Gasteiger partial charge in [0.2, 0.25) is 0 Å². The molecule has 170 valence electrons. The van der Waals surface area contributed by atoms with Crippen molar-refractivity contribution in [2.45, 2.75) is 46.6 Å². The molecule has 3 rings (SSSR count). The van der Waals surface area contributed by atoms with E-state index in [1.54, 1.807) is 6.08 Å². The second-order valence-corrected chi connectivity index (χ2v) is 8.24. The topological polar surface area (TPSA) is 60.2 Å². The molecular formula is C27H36N4O. The number of amides is 1. The molecule has 0 radical (unpaired) electrons. The Kier molecular flexibility index (Phi) is 9.08. The van der Waals surface area contributed by atoms with Gasteiger partial charge < -0.3 is 10.3 Å². The van der Waals surface area contributed by atoms with Gasteiger partial charge in [-0.1, -0.05) is 56.3 Å². The molecule has 1 amide bonds. The van der Waals surface area contributed by atoms with Gasteiger partial charge in [-0.25, -0.2) is 5.01 Å². The summed E-state index contributed by atoms with van der Waals surface area (Å²) in [6.45, 7) is 9.87. The maximum atomic E-state index is 12.2. The molecule has 0 atom stereocenters. The molecule has 0 spiro atoms. The van der Waals surface area contributed by atoms with Crippen LogP contribution in [0.5, 0.6) is 0 Å². The lowest BCUT2D eigenvalue weighted by atomic mass is 10.1. The third-order valence-corrected chi connectivity index (χ3v) is 5.57. The fourth-order valence-electron chi connectivity index (χ4n) is 3.98. The Balaban J connectivity index is 1.44. The lowest BCUT2D eigenvalue weighted by Crippen LogP contribution is -2.42. The number of rotatable bonds is 12. The predicted octanol–water partition coefficient (Wildman–Crippen LogP) is 4.98. The minimum Gasteiger partial charge on any atom is -0.358 e. The molecule has 0 saturated carbocycles. The molecule has 0 saturated heterocycles. The van der Waals surface area contributed by atoms with Crippen molar-refractivity contribution in [1.29, 1.82) is 0 Å². The van der Waals surface area contributed by atoms with Crippen molar-refractivity contribution in [3.63, 3.8) is 0 Å². The van der Waals surface area contributed by atoms with Crippen molar-refractivity contribution in [3.05, 3.63) is 77.0 Å². The number of benzene rings is 2. The van der Waals surface area contributed by atoms with Crippen LogP contribution in [0.25, 0.3) is 17.0 Å². The molecular weight excluding hydrogens is 396 g/mol. The number of para-hydroxylation sites is 1. The summed E-state index contributed by atoms with van der Waals surface area (Å²) in [4.78, 5) is 15.6. The fourth-order valence-corrected chi connectivity index (χ4v) is 3.98. The number of hydrazine groups is 1. The van der Waals surface area contributed by atoms with Crippen molar-refractivity contribution in [3.8, 4) is 0 Å². The Morgan fingerprint density at radius 1 is 1.03 bits per heavy atom. The Morgan fingerprint density at radius 2 is 1.75 bits per heavy atom. The molecule has 2 aromatic carbocycles. The van der Waals surface area contributed by atoms with E-state index in [-0.39, 0.29) is 5.91 Å². The highest BCUT2D eigenvalue weighted by atomic mass is 16.2. The van der Waals surface area contributed by atoms with Gasteiger partial charge in [-0.15, -0.1) is 0 Å². The van der Waals surface area contributed by atoms with E-state index in [2.05, 4.69) is 85.0 Å². The molecule has 3 aromatic rings. The lowest BCUT2D eigenvalue weighted by Gasteiger charge is -2.20. The number of H-pyrrole nitrogens is 1. The van der Waals surface area contributed by atoms with E-state index in [0.717, 1.165) is 51.0 Å². The van der Waals surface area contributed by atoms with Gasteiger partial charge in [0.1, 0.15) is 0 Å². The highest BCUT2D eigenvalue weighted by Crippen LogP contribution is 2.21. The number of hydrogen-bond acceptors (Lipinski definition) is 3. The van der Waals surface area contributed by atoms with Crippen LogP contribution in [0.15, 0.2) is 54.6 Å². The summed E-state index contributed by atoms with van der Waals surface area (Å²) in [5.74, 6) is -0.0785. The minimum absolute atomic E-state index is 0.0785. The van der Waals surface area contributed by atoms with Gasteiger partial charge in [-0.05, 0) is 61.6 Å². The number of carbonyl (C=O) groups is 1. The first-order chi connectivity index (χ1) is 15.6. The summed E-state index contributed by atoms with van der Waals surface area (Å²) in [6.07, 6.45) is 6.50. The Bertz CT molecular complexity index is 1010. The highest BCUT2D eigenvalue weighted by Gasteiger charge is 2.07. The summed E-state index contributed by atoms with van der Waals surface area (Å²) in [6, 6.07) is 16.8. The van der Waals surface area contributed by atoms with E-state index >= 15 is 0 Å². The molecule has 0 unspecified atom stereocenters. The third kappa shape index (κ3) is 6.81. The molecule has 1 aromatic heterocycles. The molecule has 1 heterocycles. The van der Waals surface area contributed by atoms with Crippen LogP contribution in [0.2, 0.25) is 0 Å². The van der Waals surface area contributed by atoms with Gasteiger partial charge in [0, 0.05) is 42.3 Å². The fraction of sp³-hybridized carbons (Fsp3) is 0.370. The first-order valence-corrected chi connectivity index (χ1v) is 11.7. The van der Waals surface area contributed by atoms with Crippen LogP contribution in [0, 0.1) is 6.92 Å². The summed E-state index contributed by atoms with van der Waals surface area (Å²) >= 11 is 0. The number of nitrogens with zero attached hydrogens (tertiary/aromatic N) is 1. The van der Waals surface area contributed by atoms with E-state index in [0.29, 0.717) is 0 Å². The van der Waals surface area contributed by atoms with E-state index in [1.165, 1.54) is 27.7 Å². The summed E-state index contributed by atoms with van der Waals surface area (Å²) < 4.78 is 0. The van der Waals surface area contributed by atoms with Crippen molar-refractivity contribution in [1.82, 2.24) is 20.7 Å². The molecule has 0 aliphatic carbocycles. The molecule has 5 nitrogen and oxygen atoms in total. The number of nitrogens with one attached hydrogen (secondary N) is 3. The van der Waals surface area contributed by atoms with Crippen LogP contribution >= 0.6 is 0 Å². The maximum absolute atomic E-state index is 12.2. The van der Waals surface area contributed by atoms with E-state index < -0.39 is 0 Å². The van der Waals surface area contributed by atoms with E-state index in [9.17, 15) is 4.79 Å². The van der Waals surface area contributed by atoms with Crippen LogP contribution in [-0.2, 0) is 17.8 Å². The quantitative estimate of drug-likeness (QED) is 0.215. The normalized spacial score (nSPS) is 11.6. The zero-order valence-electron chi connectivity index (χ0n) is 19.6. The molecule has 3 N–H and O–H groups in total. The standard InChI is InChI=1S/C27H36N4O/c1-4-18-31(19-5-2)30-27(32)15-14-22-10-12-23(13-11-22)20-28-17-16-24-21(3)29-26-9-7-6-8-25(24)26/h6-15,28-29H,4-5,16-20H2,1-3H3,(H,30,32)/b15-14+. The third-order valence-electron chi connectivity index (χ3n) is 5.57. The average molecular weight is 433 g/mol. The maximum Gasteiger partial charge on any atom is 0.258 e. The number of fused-ring (bicyclic) bond motifs is 1. The largest absolute Gasteiger partial charge is 0.358 e. The van der Waals surface area contributed by atoms with E-state index in [1.807, 2.05) is 11.1 Å². The smallest absolute Gasteiger partial charge is 0.258 e. The van der Waals surface area contributed by atoms with Gasteiger partial charge in [0.15, 0.2) is 0 Å². The van der Waals surface area contributed by atoms with Crippen LogP contribution < -0.4 is 10.7 Å². The average Bonchev–Trinajstić information content (AvgIpc) is 3.11. The number of hydrogen-bond donors (Lipinski definition) is 3. The number of carbonyl (C=O) groups excluding carboxylic acids is 1. The second-order valence-electron chi connectivity index (χ2n) is 8.24. The molecule has 0 aliphatic heterocycles.